The Labute approximate surface area is 135 Å². The van der Waals surface area contributed by atoms with Gasteiger partial charge in [-0.05, 0) is 49.2 Å². The number of halogens is 1. The van der Waals surface area contributed by atoms with Crippen LogP contribution in [0.1, 0.15) is 35.8 Å². The lowest BCUT2D eigenvalue weighted by molar-refractivity contribution is -0.119. The molecular formula is C18H20FN3O. The number of pyridine rings is 1. The number of aromatic nitrogens is 1. The fraction of sp³-hybridized carbons (Fsp3) is 0.333. The van der Waals surface area contributed by atoms with E-state index >= 15 is 0 Å². The molecule has 1 aliphatic rings. The van der Waals surface area contributed by atoms with Crippen molar-refractivity contribution in [3.63, 3.8) is 0 Å². The van der Waals surface area contributed by atoms with Crippen LogP contribution in [-0.4, -0.2) is 28.9 Å². The van der Waals surface area contributed by atoms with Gasteiger partial charge in [0.15, 0.2) is 0 Å². The Morgan fingerprint density at radius 1 is 1.30 bits per heavy atom. The van der Waals surface area contributed by atoms with Gasteiger partial charge in [0.25, 0.3) is 0 Å². The van der Waals surface area contributed by atoms with Crippen molar-refractivity contribution < 1.29 is 9.18 Å². The van der Waals surface area contributed by atoms with Gasteiger partial charge in [-0.1, -0.05) is 18.2 Å². The normalized spacial score (nSPS) is 18.2. The summed E-state index contributed by atoms with van der Waals surface area (Å²) in [5.74, 6) is -0.546. The lowest BCUT2D eigenvalue weighted by Crippen LogP contribution is -2.33. The van der Waals surface area contributed by atoms with Crippen LogP contribution in [0.2, 0.25) is 0 Å². The molecule has 1 amide bonds. The molecule has 1 aromatic carbocycles. The van der Waals surface area contributed by atoms with Gasteiger partial charge in [-0.25, -0.2) is 4.39 Å². The summed E-state index contributed by atoms with van der Waals surface area (Å²) in [6, 6.07) is 12.6. The minimum Gasteiger partial charge on any atom is -0.369 e. The maximum atomic E-state index is 13.3. The smallest absolute Gasteiger partial charge is 0.231 e. The number of likely N-dealkylation sites (tertiary alicyclic amines) is 1. The van der Waals surface area contributed by atoms with Crippen LogP contribution in [0.5, 0.6) is 0 Å². The lowest BCUT2D eigenvalue weighted by atomic mass is 10.1. The van der Waals surface area contributed by atoms with Crippen LogP contribution in [0.25, 0.3) is 0 Å². The van der Waals surface area contributed by atoms with E-state index < -0.39 is 0 Å². The van der Waals surface area contributed by atoms with Crippen molar-refractivity contribution in [1.29, 1.82) is 0 Å². The molecule has 3 rings (SSSR count). The molecule has 1 unspecified atom stereocenters. The third kappa shape index (κ3) is 3.93. The van der Waals surface area contributed by atoms with Crippen molar-refractivity contribution in [3.05, 3.63) is 65.2 Å². The number of hydrogen-bond donors (Lipinski definition) is 1. The molecule has 23 heavy (non-hydrogen) atoms. The van der Waals surface area contributed by atoms with Crippen LogP contribution in [0.15, 0.2) is 42.5 Å². The Bertz CT molecular complexity index is 704. The van der Waals surface area contributed by atoms with E-state index in [1.807, 2.05) is 24.3 Å². The van der Waals surface area contributed by atoms with Crippen LogP contribution in [0.3, 0.4) is 0 Å². The number of primary amides is 1. The van der Waals surface area contributed by atoms with Crippen molar-refractivity contribution >= 4 is 5.91 Å². The number of benzene rings is 1. The summed E-state index contributed by atoms with van der Waals surface area (Å²) in [6.45, 7) is 1.13. The molecule has 120 valence electrons. The van der Waals surface area contributed by atoms with Gasteiger partial charge in [-0.2, -0.15) is 0 Å². The fourth-order valence-corrected chi connectivity index (χ4v) is 3.19. The first-order chi connectivity index (χ1) is 11.1. The molecule has 0 radical (unpaired) electrons. The summed E-state index contributed by atoms with van der Waals surface area (Å²) in [6.07, 6.45) is 2.60. The maximum absolute atomic E-state index is 13.3. The van der Waals surface area contributed by atoms with E-state index in [2.05, 4.69) is 4.90 Å². The first-order valence-electron chi connectivity index (χ1n) is 7.84. The van der Waals surface area contributed by atoms with Gasteiger partial charge in [0.1, 0.15) is 5.82 Å². The monoisotopic (exact) mass is 313 g/mol. The Morgan fingerprint density at radius 3 is 2.91 bits per heavy atom. The van der Waals surface area contributed by atoms with E-state index in [0.29, 0.717) is 6.42 Å². The minimum absolute atomic E-state index is 0.134. The van der Waals surface area contributed by atoms with Gasteiger partial charge in [0.05, 0.1) is 18.3 Å². The first kappa shape index (κ1) is 15.6. The van der Waals surface area contributed by atoms with Gasteiger partial charge in [-0.15, -0.1) is 0 Å². The van der Waals surface area contributed by atoms with Crippen LogP contribution < -0.4 is 5.73 Å². The second-order valence-corrected chi connectivity index (χ2v) is 5.96. The van der Waals surface area contributed by atoms with E-state index in [9.17, 15) is 9.18 Å². The molecule has 0 saturated carbocycles. The lowest BCUT2D eigenvalue weighted by Gasteiger charge is -2.22. The highest BCUT2D eigenvalue weighted by Crippen LogP contribution is 2.30. The highest BCUT2D eigenvalue weighted by Gasteiger charge is 2.28. The molecule has 1 aliphatic heterocycles. The summed E-state index contributed by atoms with van der Waals surface area (Å²) >= 11 is 0. The molecule has 2 heterocycles. The number of carbonyl (C=O) groups is 1. The van der Waals surface area contributed by atoms with Crippen LogP contribution in [0.4, 0.5) is 4.39 Å². The van der Waals surface area contributed by atoms with Crippen molar-refractivity contribution in [3.8, 4) is 0 Å². The minimum atomic E-state index is -0.312. The van der Waals surface area contributed by atoms with E-state index in [0.717, 1.165) is 36.3 Å². The largest absolute Gasteiger partial charge is 0.369 e. The zero-order valence-corrected chi connectivity index (χ0v) is 12.9. The number of rotatable bonds is 5. The van der Waals surface area contributed by atoms with E-state index in [1.54, 1.807) is 6.07 Å². The Balaban J connectivity index is 1.78. The average molecular weight is 313 g/mol. The number of carbonyl (C=O) groups excluding carboxylic acids is 1. The molecule has 5 heteroatoms. The van der Waals surface area contributed by atoms with Gasteiger partial charge in [0.2, 0.25) is 5.91 Å². The first-order valence-corrected chi connectivity index (χ1v) is 7.84. The van der Waals surface area contributed by atoms with Gasteiger partial charge in [0, 0.05) is 12.1 Å². The topological polar surface area (TPSA) is 59.2 Å². The van der Waals surface area contributed by atoms with E-state index in [1.165, 1.54) is 12.1 Å². The zero-order valence-electron chi connectivity index (χ0n) is 12.9. The van der Waals surface area contributed by atoms with E-state index in [-0.39, 0.29) is 24.3 Å². The van der Waals surface area contributed by atoms with Crippen molar-refractivity contribution in [2.24, 2.45) is 5.73 Å². The number of amides is 1. The second-order valence-electron chi connectivity index (χ2n) is 5.96. The van der Waals surface area contributed by atoms with Crippen LogP contribution in [-0.2, 0) is 11.2 Å². The SMILES string of the molecule is NC(=O)CN1CCCC1c1cccc(Cc2cccc(F)c2)n1. The summed E-state index contributed by atoms with van der Waals surface area (Å²) in [5, 5.41) is 0. The van der Waals surface area contributed by atoms with Crippen LogP contribution >= 0.6 is 0 Å². The Hall–Kier alpha value is -2.27. The molecular weight excluding hydrogens is 293 g/mol. The summed E-state index contributed by atoms with van der Waals surface area (Å²) in [7, 11) is 0. The highest BCUT2D eigenvalue weighted by molar-refractivity contribution is 5.76. The number of hydrogen-bond acceptors (Lipinski definition) is 3. The molecule has 1 atom stereocenters. The van der Waals surface area contributed by atoms with Crippen LogP contribution in [0, 0.1) is 5.82 Å². The van der Waals surface area contributed by atoms with Gasteiger partial charge >= 0.3 is 0 Å². The maximum Gasteiger partial charge on any atom is 0.231 e. The van der Waals surface area contributed by atoms with Crippen molar-refractivity contribution in [1.82, 2.24) is 9.88 Å². The summed E-state index contributed by atoms with van der Waals surface area (Å²) < 4.78 is 13.3. The van der Waals surface area contributed by atoms with Crippen molar-refractivity contribution in [2.75, 3.05) is 13.1 Å². The number of nitrogens with two attached hydrogens (primary N) is 1. The van der Waals surface area contributed by atoms with E-state index in [4.69, 9.17) is 10.7 Å². The zero-order chi connectivity index (χ0) is 16.2. The summed E-state index contributed by atoms with van der Waals surface area (Å²) in [4.78, 5) is 18.0. The highest BCUT2D eigenvalue weighted by atomic mass is 19.1. The molecule has 0 aliphatic carbocycles. The molecule has 0 bridgehead atoms. The molecule has 2 N–H and O–H groups in total. The molecule has 1 fully saturated rings. The molecule has 2 aromatic rings. The Kier molecular flexibility index (Phi) is 4.67. The third-order valence-electron chi connectivity index (χ3n) is 4.17. The molecule has 4 nitrogen and oxygen atoms in total. The standard InChI is InChI=1S/C18H20FN3O/c19-14-5-1-4-13(10-14)11-15-6-2-7-16(21-15)17-8-3-9-22(17)12-18(20)23/h1-2,4-7,10,17H,3,8-9,11-12H2,(H2,20,23). The van der Waals surface area contributed by atoms with Crippen molar-refractivity contribution in [2.45, 2.75) is 25.3 Å². The summed E-state index contributed by atoms with van der Waals surface area (Å²) in [5.41, 5.74) is 8.08. The molecule has 0 spiro atoms. The average Bonchev–Trinajstić information content (AvgIpc) is 2.95. The Morgan fingerprint density at radius 2 is 2.13 bits per heavy atom. The third-order valence-corrected chi connectivity index (χ3v) is 4.17. The number of nitrogens with zero attached hydrogens (tertiary/aromatic N) is 2. The van der Waals surface area contributed by atoms with Gasteiger partial charge < -0.3 is 5.73 Å². The predicted molar refractivity (Wildman–Crippen MR) is 86.2 cm³/mol. The second kappa shape index (κ2) is 6.87. The predicted octanol–water partition coefficient (Wildman–Crippen LogP) is 2.43. The van der Waals surface area contributed by atoms with Gasteiger partial charge in [-0.3, -0.25) is 14.7 Å². The quantitative estimate of drug-likeness (QED) is 0.922. The fourth-order valence-electron chi connectivity index (χ4n) is 3.19. The molecule has 1 aromatic heterocycles. The molecule has 1 saturated heterocycles.